The third-order valence-corrected chi connectivity index (χ3v) is 4.58. The summed E-state index contributed by atoms with van der Waals surface area (Å²) >= 11 is 0. The van der Waals surface area contributed by atoms with Crippen molar-refractivity contribution in [2.75, 3.05) is 34.5 Å². The van der Waals surface area contributed by atoms with Crippen LogP contribution in [0.25, 0.3) is 17.0 Å². The third kappa shape index (κ3) is 5.98. The van der Waals surface area contributed by atoms with Crippen molar-refractivity contribution < 1.29 is 33.0 Å². The Kier molecular flexibility index (Phi) is 7.82. The second kappa shape index (κ2) is 11.0. The number of benzene rings is 2. The summed E-state index contributed by atoms with van der Waals surface area (Å²) in [6.07, 6.45) is 2.83. The van der Waals surface area contributed by atoms with Crippen molar-refractivity contribution >= 4 is 28.9 Å². The largest absolute Gasteiger partial charge is 0.493 e. The maximum absolute atomic E-state index is 12.2. The number of fused-ring (bicyclic) bond motifs is 1. The summed E-state index contributed by atoms with van der Waals surface area (Å²) in [5, 5.41) is 3.07. The van der Waals surface area contributed by atoms with E-state index in [2.05, 4.69) is 5.32 Å². The zero-order chi connectivity index (χ0) is 23.8. The summed E-state index contributed by atoms with van der Waals surface area (Å²) in [7, 11) is 4.57. The molecule has 0 spiro atoms. The van der Waals surface area contributed by atoms with E-state index < -0.39 is 17.5 Å². The van der Waals surface area contributed by atoms with Crippen molar-refractivity contribution in [2.24, 2.45) is 0 Å². The van der Waals surface area contributed by atoms with Gasteiger partial charge in [0.05, 0.1) is 20.8 Å². The second-order valence-corrected chi connectivity index (χ2v) is 6.76. The van der Waals surface area contributed by atoms with Gasteiger partial charge < -0.3 is 28.7 Å². The van der Waals surface area contributed by atoms with Crippen LogP contribution in [0.3, 0.4) is 0 Å². The van der Waals surface area contributed by atoms with Gasteiger partial charge in [-0.05, 0) is 42.0 Å². The lowest BCUT2D eigenvalue weighted by Gasteiger charge is -2.07. The summed E-state index contributed by atoms with van der Waals surface area (Å²) in [5.74, 6) is 0.110. The lowest BCUT2D eigenvalue weighted by atomic mass is 10.1. The molecule has 33 heavy (non-hydrogen) atoms. The smallest absolute Gasteiger partial charge is 0.349 e. The fourth-order valence-corrected chi connectivity index (χ4v) is 2.95. The van der Waals surface area contributed by atoms with Crippen LogP contribution in [-0.4, -0.2) is 46.4 Å². The van der Waals surface area contributed by atoms with Gasteiger partial charge in [0.1, 0.15) is 16.9 Å². The molecule has 9 heteroatoms. The van der Waals surface area contributed by atoms with Crippen LogP contribution in [0.2, 0.25) is 0 Å². The van der Waals surface area contributed by atoms with Crippen LogP contribution in [0.5, 0.6) is 17.2 Å². The maximum atomic E-state index is 12.2. The Morgan fingerprint density at radius 1 is 1.00 bits per heavy atom. The zero-order valence-electron chi connectivity index (χ0n) is 18.4. The Labute approximate surface area is 189 Å². The van der Waals surface area contributed by atoms with E-state index in [-0.39, 0.29) is 23.4 Å². The molecule has 0 saturated carbocycles. The highest BCUT2D eigenvalue weighted by Crippen LogP contribution is 2.28. The number of carbonyl (C=O) groups is 2. The molecule has 0 atom stereocenters. The number of rotatable bonds is 9. The second-order valence-electron chi connectivity index (χ2n) is 6.76. The molecule has 0 radical (unpaired) electrons. The van der Waals surface area contributed by atoms with Gasteiger partial charge in [0.2, 0.25) is 0 Å². The molecule has 1 N–H and O–H groups in total. The molecule has 1 amide bonds. The molecule has 0 bridgehead atoms. The highest BCUT2D eigenvalue weighted by Gasteiger charge is 2.14. The van der Waals surface area contributed by atoms with Crippen molar-refractivity contribution in [3.05, 3.63) is 70.1 Å². The van der Waals surface area contributed by atoms with Gasteiger partial charge in [0.25, 0.3) is 5.91 Å². The minimum atomic E-state index is -0.797. The number of methoxy groups -OCH3 is 3. The Balaban J connectivity index is 1.72. The Morgan fingerprint density at radius 2 is 1.79 bits per heavy atom. The van der Waals surface area contributed by atoms with E-state index in [0.717, 1.165) is 0 Å². The summed E-state index contributed by atoms with van der Waals surface area (Å²) in [5.41, 5.74) is -0.0246. The first-order chi connectivity index (χ1) is 15.9. The molecule has 9 nitrogen and oxygen atoms in total. The van der Waals surface area contributed by atoms with Gasteiger partial charge in [-0.1, -0.05) is 6.07 Å². The number of esters is 1. The first-order valence-corrected chi connectivity index (χ1v) is 9.92. The lowest BCUT2D eigenvalue weighted by molar-refractivity contribution is -0.128. The topological polar surface area (TPSA) is 113 Å². The molecular formula is C24H23NO8. The summed E-state index contributed by atoms with van der Waals surface area (Å²) in [6.45, 7) is 0.582. The molecule has 2 aromatic carbocycles. The van der Waals surface area contributed by atoms with E-state index in [1.807, 2.05) is 0 Å². The minimum Gasteiger partial charge on any atom is -0.493 e. The van der Waals surface area contributed by atoms with Crippen molar-refractivity contribution in [3.8, 4) is 17.2 Å². The molecule has 0 aliphatic rings. The standard InChI is InChI=1S/C24H23NO8/c1-29-11-10-25-23(27)18-13-16-6-7-17(14-20(16)33-24(18)28)32-22(26)9-5-15-4-8-19(30-2)21(12-15)31-3/h4-9,12-14H,10-11H2,1-3H3,(H,25,27)/b9-5+. The predicted octanol–water partition coefficient (Wildman–Crippen LogP) is 2.81. The van der Waals surface area contributed by atoms with Gasteiger partial charge in [-0.3, -0.25) is 4.79 Å². The first-order valence-electron chi connectivity index (χ1n) is 9.92. The Bertz CT molecular complexity index is 1240. The minimum absolute atomic E-state index is 0.124. The van der Waals surface area contributed by atoms with Gasteiger partial charge in [-0.2, -0.15) is 0 Å². The van der Waals surface area contributed by atoms with E-state index in [0.29, 0.717) is 29.1 Å². The number of ether oxygens (including phenoxy) is 4. The van der Waals surface area contributed by atoms with Crippen LogP contribution in [0.15, 0.2) is 57.8 Å². The van der Waals surface area contributed by atoms with Gasteiger partial charge >= 0.3 is 11.6 Å². The fraction of sp³-hybridized carbons (Fsp3) is 0.208. The van der Waals surface area contributed by atoms with Crippen molar-refractivity contribution in [2.45, 2.75) is 0 Å². The Hall–Kier alpha value is -4.11. The van der Waals surface area contributed by atoms with Crippen LogP contribution in [-0.2, 0) is 9.53 Å². The van der Waals surface area contributed by atoms with Gasteiger partial charge in [-0.25, -0.2) is 9.59 Å². The van der Waals surface area contributed by atoms with Crippen LogP contribution < -0.4 is 25.2 Å². The SMILES string of the molecule is COCCNC(=O)c1cc2ccc(OC(=O)/C=C/c3ccc(OC)c(OC)c3)cc2oc1=O. The average molecular weight is 453 g/mol. The van der Waals surface area contributed by atoms with Gasteiger partial charge in [0.15, 0.2) is 11.5 Å². The Morgan fingerprint density at radius 3 is 2.52 bits per heavy atom. The average Bonchev–Trinajstić information content (AvgIpc) is 2.82. The molecule has 3 rings (SSSR count). The highest BCUT2D eigenvalue weighted by molar-refractivity contribution is 5.97. The monoisotopic (exact) mass is 453 g/mol. The normalized spacial score (nSPS) is 10.9. The summed E-state index contributed by atoms with van der Waals surface area (Å²) < 4.78 is 25.8. The summed E-state index contributed by atoms with van der Waals surface area (Å²) in [6, 6.07) is 11.2. The summed E-state index contributed by atoms with van der Waals surface area (Å²) in [4.78, 5) is 36.6. The van der Waals surface area contributed by atoms with Gasteiger partial charge in [-0.15, -0.1) is 0 Å². The molecule has 172 valence electrons. The first kappa shape index (κ1) is 23.6. The number of hydrogen-bond donors (Lipinski definition) is 1. The number of carbonyl (C=O) groups excluding carboxylic acids is 2. The molecule has 0 aliphatic heterocycles. The molecule has 0 unspecified atom stereocenters. The molecule has 1 aromatic heterocycles. The predicted molar refractivity (Wildman–Crippen MR) is 121 cm³/mol. The number of nitrogens with one attached hydrogen (secondary N) is 1. The van der Waals surface area contributed by atoms with E-state index in [4.69, 9.17) is 23.4 Å². The van der Waals surface area contributed by atoms with Crippen molar-refractivity contribution in [3.63, 3.8) is 0 Å². The molecule has 0 saturated heterocycles. The number of hydrogen-bond acceptors (Lipinski definition) is 8. The van der Waals surface area contributed by atoms with E-state index in [1.54, 1.807) is 30.3 Å². The molecule has 1 heterocycles. The molecular weight excluding hydrogens is 430 g/mol. The van der Waals surface area contributed by atoms with E-state index in [9.17, 15) is 14.4 Å². The molecule has 3 aromatic rings. The maximum Gasteiger partial charge on any atom is 0.349 e. The highest BCUT2D eigenvalue weighted by atomic mass is 16.5. The van der Waals surface area contributed by atoms with E-state index >= 15 is 0 Å². The van der Waals surface area contributed by atoms with Crippen LogP contribution in [0.1, 0.15) is 15.9 Å². The third-order valence-electron chi connectivity index (χ3n) is 4.58. The van der Waals surface area contributed by atoms with Gasteiger partial charge in [0, 0.05) is 31.2 Å². The quantitative estimate of drug-likeness (QED) is 0.173. The molecule has 0 fully saturated rings. The molecule has 0 aliphatic carbocycles. The van der Waals surface area contributed by atoms with Crippen molar-refractivity contribution in [1.82, 2.24) is 5.32 Å². The van der Waals surface area contributed by atoms with E-state index in [1.165, 1.54) is 45.6 Å². The fourth-order valence-electron chi connectivity index (χ4n) is 2.95. The van der Waals surface area contributed by atoms with Crippen molar-refractivity contribution in [1.29, 1.82) is 0 Å². The van der Waals surface area contributed by atoms with Crippen LogP contribution in [0.4, 0.5) is 0 Å². The lowest BCUT2D eigenvalue weighted by Crippen LogP contribution is -2.30. The van der Waals surface area contributed by atoms with Crippen LogP contribution >= 0.6 is 0 Å². The number of amides is 1. The zero-order valence-corrected chi connectivity index (χ0v) is 18.4. The van der Waals surface area contributed by atoms with Crippen LogP contribution in [0, 0.1) is 0 Å².